The van der Waals surface area contributed by atoms with Crippen LogP contribution in [0.3, 0.4) is 0 Å². The van der Waals surface area contributed by atoms with Gasteiger partial charge in [0.2, 0.25) is 0 Å². The number of aromatic nitrogens is 1. The van der Waals surface area contributed by atoms with Gasteiger partial charge in [0.15, 0.2) is 0 Å². The number of halogens is 3. The first kappa shape index (κ1) is 13.3. The quantitative estimate of drug-likeness (QED) is 0.839. The van der Waals surface area contributed by atoms with Crippen LogP contribution in [0.2, 0.25) is 0 Å². The number of nitrogens with zero attached hydrogens (tertiary/aromatic N) is 1. The molecule has 1 aromatic heterocycles. The second-order valence-electron chi connectivity index (χ2n) is 5.18. The van der Waals surface area contributed by atoms with Crippen LogP contribution in [0.4, 0.5) is 13.2 Å². The van der Waals surface area contributed by atoms with E-state index >= 15 is 0 Å². The van der Waals surface area contributed by atoms with Gasteiger partial charge in [-0.2, -0.15) is 13.2 Å². The average molecular weight is 258 g/mol. The Morgan fingerprint density at radius 3 is 2.78 bits per heavy atom. The molecule has 1 fully saturated rings. The van der Waals surface area contributed by atoms with E-state index in [1.54, 1.807) is 18.5 Å². The van der Waals surface area contributed by atoms with Gasteiger partial charge in [0.1, 0.15) is 0 Å². The fraction of sp³-hybridized carbons (Fsp3) is 0.615. The summed E-state index contributed by atoms with van der Waals surface area (Å²) in [5, 5.41) is 0. The molecule has 1 aliphatic rings. The highest BCUT2D eigenvalue weighted by atomic mass is 19.4. The van der Waals surface area contributed by atoms with Gasteiger partial charge >= 0.3 is 6.18 Å². The van der Waals surface area contributed by atoms with Crippen LogP contribution in [0.15, 0.2) is 18.5 Å². The minimum atomic E-state index is -4.15. The predicted octanol–water partition coefficient (Wildman–Crippen LogP) is 3.30. The zero-order valence-corrected chi connectivity index (χ0v) is 10.3. The lowest BCUT2D eigenvalue weighted by Crippen LogP contribution is -2.45. The molecule has 2 rings (SSSR count). The molecular formula is C13H17F3N2. The molecule has 0 aromatic carbocycles. The third-order valence-corrected chi connectivity index (χ3v) is 3.82. The lowest BCUT2D eigenvalue weighted by Gasteiger charge is -2.39. The highest BCUT2D eigenvalue weighted by Crippen LogP contribution is 2.45. The van der Waals surface area contributed by atoms with Crippen LogP contribution >= 0.6 is 0 Å². The Morgan fingerprint density at radius 2 is 2.17 bits per heavy atom. The molecule has 5 heteroatoms. The molecule has 1 heterocycles. The van der Waals surface area contributed by atoms with E-state index in [9.17, 15) is 13.2 Å². The number of aryl methyl sites for hydroxylation is 1. The summed E-state index contributed by atoms with van der Waals surface area (Å²) in [6.45, 7) is 1.86. The summed E-state index contributed by atoms with van der Waals surface area (Å²) in [5.74, 6) is -1.30. The molecule has 2 nitrogen and oxygen atoms in total. The van der Waals surface area contributed by atoms with Crippen LogP contribution in [0.1, 0.15) is 36.8 Å². The van der Waals surface area contributed by atoms with Gasteiger partial charge < -0.3 is 5.73 Å². The van der Waals surface area contributed by atoms with Crippen LogP contribution in [0, 0.1) is 12.8 Å². The molecule has 1 aliphatic carbocycles. The lowest BCUT2D eigenvalue weighted by molar-refractivity contribution is -0.187. The van der Waals surface area contributed by atoms with Crippen molar-refractivity contribution in [3.05, 3.63) is 29.6 Å². The van der Waals surface area contributed by atoms with E-state index in [0.29, 0.717) is 12.8 Å². The molecule has 0 aliphatic heterocycles. The Bertz CT molecular complexity index is 430. The minimum absolute atomic E-state index is 0.0387. The topological polar surface area (TPSA) is 38.9 Å². The largest absolute Gasteiger partial charge is 0.391 e. The van der Waals surface area contributed by atoms with Gasteiger partial charge in [-0.1, -0.05) is 6.42 Å². The summed E-state index contributed by atoms with van der Waals surface area (Å²) in [4.78, 5) is 3.99. The van der Waals surface area contributed by atoms with Gasteiger partial charge in [-0.25, -0.2) is 0 Å². The Labute approximate surface area is 104 Å². The zero-order valence-electron chi connectivity index (χ0n) is 10.3. The summed E-state index contributed by atoms with van der Waals surface area (Å²) in [6.07, 6.45) is 0.327. The summed E-state index contributed by atoms with van der Waals surface area (Å²) >= 11 is 0. The normalized spacial score (nSPS) is 29.3. The number of nitrogens with two attached hydrogens (primary N) is 1. The molecule has 100 valence electrons. The van der Waals surface area contributed by atoms with Crippen molar-refractivity contribution in [1.29, 1.82) is 0 Å². The molecule has 0 radical (unpaired) electrons. The SMILES string of the molecule is Cc1ccncc1C1(N)CCCC(C(F)(F)F)C1. The maximum atomic E-state index is 12.8. The van der Waals surface area contributed by atoms with Gasteiger partial charge in [0, 0.05) is 17.9 Å². The molecule has 1 saturated carbocycles. The van der Waals surface area contributed by atoms with Crippen molar-refractivity contribution in [1.82, 2.24) is 4.98 Å². The Balaban J connectivity index is 2.29. The van der Waals surface area contributed by atoms with Crippen LogP contribution < -0.4 is 5.73 Å². The van der Waals surface area contributed by atoms with Gasteiger partial charge in [-0.05, 0) is 43.4 Å². The molecule has 0 saturated heterocycles. The third kappa shape index (κ3) is 2.51. The first-order chi connectivity index (χ1) is 8.33. The fourth-order valence-electron chi connectivity index (χ4n) is 2.82. The molecule has 0 amide bonds. The van der Waals surface area contributed by atoms with E-state index in [-0.39, 0.29) is 12.8 Å². The summed E-state index contributed by atoms with van der Waals surface area (Å²) in [5.41, 5.74) is 7.00. The van der Waals surface area contributed by atoms with Crippen molar-refractivity contribution in [2.75, 3.05) is 0 Å². The standard InChI is InChI=1S/C13H17F3N2/c1-9-4-6-18-8-11(9)12(17)5-2-3-10(7-12)13(14,15)16/h4,6,8,10H,2-3,5,7,17H2,1H3. The minimum Gasteiger partial charge on any atom is -0.321 e. The zero-order chi connectivity index (χ0) is 13.4. The fourth-order valence-corrected chi connectivity index (χ4v) is 2.82. The van der Waals surface area contributed by atoms with Crippen LogP contribution in [0.25, 0.3) is 0 Å². The van der Waals surface area contributed by atoms with Crippen LogP contribution in [-0.4, -0.2) is 11.2 Å². The van der Waals surface area contributed by atoms with E-state index in [1.165, 1.54) is 0 Å². The molecule has 2 atom stereocenters. The molecule has 18 heavy (non-hydrogen) atoms. The highest BCUT2D eigenvalue weighted by Gasteiger charge is 2.47. The maximum Gasteiger partial charge on any atom is 0.391 e. The van der Waals surface area contributed by atoms with E-state index in [2.05, 4.69) is 4.98 Å². The molecule has 2 unspecified atom stereocenters. The predicted molar refractivity (Wildman–Crippen MR) is 62.9 cm³/mol. The molecular weight excluding hydrogens is 241 g/mol. The average Bonchev–Trinajstić information content (AvgIpc) is 2.28. The molecule has 0 spiro atoms. The summed E-state index contributed by atoms with van der Waals surface area (Å²) < 4.78 is 38.5. The lowest BCUT2D eigenvalue weighted by atomic mass is 9.72. The first-order valence-electron chi connectivity index (χ1n) is 6.09. The first-order valence-corrected chi connectivity index (χ1v) is 6.09. The third-order valence-electron chi connectivity index (χ3n) is 3.82. The van der Waals surface area contributed by atoms with E-state index in [1.807, 2.05) is 6.92 Å². The number of alkyl halides is 3. The van der Waals surface area contributed by atoms with Crippen molar-refractivity contribution in [2.24, 2.45) is 11.7 Å². The van der Waals surface area contributed by atoms with Crippen molar-refractivity contribution in [3.8, 4) is 0 Å². The van der Waals surface area contributed by atoms with Crippen LogP contribution in [0.5, 0.6) is 0 Å². The van der Waals surface area contributed by atoms with Gasteiger partial charge in [-0.3, -0.25) is 4.98 Å². The summed E-state index contributed by atoms with van der Waals surface area (Å²) in [6, 6.07) is 1.79. The van der Waals surface area contributed by atoms with Crippen molar-refractivity contribution >= 4 is 0 Å². The monoisotopic (exact) mass is 258 g/mol. The molecule has 2 N–H and O–H groups in total. The van der Waals surface area contributed by atoms with Crippen molar-refractivity contribution in [3.63, 3.8) is 0 Å². The van der Waals surface area contributed by atoms with Gasteiger partial charge in [0.05, 0.1) is 5.92 Å². The van der Waals surface area contributed by atoms with Gasteiger partial charge in [0.25, 0.3) is 0 Å². The van der Waals surface area contributed by atoms with E-state index in [4.69, 9.17) is 5.73 Å². The highest BCUT2D eigenvalue weighted by molar-refractivity contribution is 5.30. The second-order valence-corrected chi connectivity index (χ2v) is 5.18. The number of rotatable bonds is 1. The second kappa shape index (κ2) is 4.53. The van der Waals surface area contributed by atoms with E-state index in [0.717, 1.165) is 11.1 Å². The Hall–Kier alpha value is -1.10. The van der Waals surface area contributed by atoms with Crippen molar-refractivity contribution in [2.45, 2.75) is 44.3 Å². The van der Waals surface area contributed by atoms with Crippen molar-refractivity contribution < 1.29 is 13.2 Å². The molecule has 1 aromatic rings. The van der Waals surface area contributed by atoms with Crippen LogP contribution in [-0.2, 0) is 5.54 Å². The summed E-state index contributed by atoms with van der Waals surface area (Å²) in [7, 11) is 0. The smallest absolute Gasteiger partial charge is 0.321 e. The Kier molecular flexibility index (Phi) is 3.36. The van der Waals surface area contributed by atoms with E-state index < -0.39 is 17.6 Å². The number of hydrogen-bond acceptors (Lipinski definition) is 2. The number of pyridine rings is 1. The van der Waals surface area contributed by atoms with Gasteiger partial charge in [-0.15, -0.1) is 0 Å². The molecule has 0 bridgehead atoms. The maximum absolute atomic E-state index is 12.8. The number of hydrogen-bond donors (Lipinski definition) is 1. The Morgan fingerprint density at radius 1 is 1.44 bits per heavy atom.